The van der Waals surface area contributed by atoms with E-state index < -0.39 is 0 Å². The minimum absolute atomic E-state index is 0.105. The maximum Gasteiger partial charge on any atom is 0.262 e. The molecule has 0 aliphatic rings. The van der Waals surface area contributed by atoms with Gasteiger partial charge in [0.2, 0.25) is 0 Å². The molecule has 1 heterocycles. The molecule has 0 aliphatic heterocycles. The number of nitrogens with one attached hydrogen (secondary N) is 1. The highest BCUT2D eigenvalue weighted by atomic mass is 16.5. The van der Waals surface area contributed by atoms with E-state index in [1.165, 1.54) is 0 Å². The maximum atomic E-state index is 11.8. The van der Waals surface area contributed by atoms with E-state index in [1.54, 1.807) is 37.7 Å². The molecule has 1 N–H and O–H groups in total. The van der Waals surface area contributed by atoms with Crippen molar-refractivity contribution in [3.05, 3.63) is 60.9 Å². The number of carbonyl (C=O) groups is 1. The Morgan fingerprint density at radius 1 is 1.36 bits per heavy atom. The minimum atomic E-state index is -0.259. The molecule has 0 saturated heterocycles. The SMILES string of the molecule is C=CCc1ccc(OCC(=O)Nc2cccnc2)c(OC)c1. The zero-order valence-corrected chi connectivity index (χ0v) is 12.4. The Hall–Kier alpha value is -2.82. The number of methoxy groups -OCH3 is 1. The molecule has 0 saturated carbocycles. The van der Waals surface area contributed by atoms with Gasteiger partial charge in [-0.2, -0.15) is 0 Å². The summed E-state index contributed by atoms with van der Waals surface area (Å²) in [5.74, 6) is 0.857. The second-order valence-corrected chi connectivity index (χ2v) is 4.56. The Balaban J connectivity index is 1.96. The fourth-order valence-electron chi connectivity index (χ4n) is 1.90. The Labute approximate surface area is 129 Å². The summed E-state index contributed by atoms with van der Waals surface area (Å²) in [4.78, 5) is 15.8. The zero-order valence-electron chi connectivity index (χ0n) is 12.4. The highest BCUT2D eigenvalue weighted by Gasteiger charge is 2.08. The van der Waals surface area contributed by atoms with Crippen LogP contribution in [0.1, 0.15) is 5.56 Å². The summed E-state index contributed by atoms with van der Waals surface area (Å²) >= 11 is 0. The van der Waals surface area contributed by atoms with Crippen molar-refractivity contribution in [3.8, 4) is 11.5 Å². The fourth-order valence-corrected chi connectivity index (χ4v) is 1.90. The third-order valence-electron chi connectivity index (χ3n) is 2.91. The summed E-state index contributed by atoms with van der Waals surface area (Å²) in [6.07, 6.45) is 5.78. The van der Waals surface area contributed by atoms with Gasteiger partial charge >= 0.3 is 0 Å². The number of aromatic nitrogens is 1. The number of hydrogen-bond acceptors (Lipinski definition) is 4. The van der Waals surface area contributed by atoms with Crippen molar-refractivity contribution in [2.45, 2.75) is 6.42 Å². The van der Waals surface area contributed by atoms with Gasteiger partial charge in [0, 0.05) is 6.20 Å². The van der Waals surface area contributed by atoms with E-state index in [9.17, 15) is 4.79 Å². The van der Waals surface area contributed by atoms with Crippen molar-refractivity contribution in [1.82, 2.24) is 4.98 Å². The number of carbonyl (C=O) groups excluding carboxylic acids is 1. The standard InChI is InChI=1S/C17H18N2O3/c1-3-5-13-7-8-15(16(10-13)21-2)22-12-17(20)19-14-6-4-9-18-11-14/h3-4,6-11H,1,5,12H2,2H3,(H,19,20). The lowest BCUT2D eigenvalue weighted by atomic mass is 10.1. The van der Waals surface area contributed by atoms with Gasteiger partial charge in [-0.15, -0.1) is 6.58 Å². The Kier molecular flexibility index (Phi) is 5.54. The van der Waals surface area contributed by atoms with E-state index in [4.69, 9.17) is 9.47 Å². The Bertz CT molecular complexity index is 642. The lowest BCUT2D eigenvalue weighted by molar-refractivity contribution is -0.118. The first kappa shape index (κ1) is 15.6. The van der Waals surface area contributed by atoms with Gasteiger partial charge in [-0.3, -0.25) is 9.78 Å². The van der Waals surface area contributed by atoms with Gasteiger partial charge in [-0.1, -0.05) is 12.1 Å². The quantitative estimate of drug-likeness (QED) is 0.798. The van der Waals surface area contributed by atoms with Gasteiger partial charge < -0.3 is 14.8 Å². The molecule has 0 radical (unpaired) electrons. The molecular weight excluding hydrogens is 280 g/mol. The van der Waals surface area contributed by atoms with Gasteiger partial charge in [0.15, 0.2) is 18.1 Å². The van der Waals surface area contributed by atoms with E-state index in [0.717, 1.165) is 12.0 Å². The molecule has 0 spiro atoms. The first-order chi connectivity index (χ1) is 10.7. The summed E-state index contributed by atoms with van der Waals surface area (Å²) in [6.45, 7) is 3.60. The third kappa shape index (κ3) is 4.34. The topological polar surface area (TPSA) is 60.5 Å². The van der Waals surface area contributed by atoms with Crippen LogP contribution in [0.25, 0.3) is 0 Å². The average Bonchev–Trinajstić information content (AvgIpc) is 2.54. The van der Waals surface area contributed by atoms with Crippen LogP contribution >= 0.6 is 0 Å². The van der Waals surface area contributed by atoms with Crippen LogP contribution in [-0.2, 0) is 11.2 Å². The number of rotatable bonds is 7. The first-order valence-electron chi connectivity index (χ1n) is 6.83. The van der Waals surface area contributed by atoms with Crippen LogP contribution in [0.5, 0.6) is 11.5 Å². The maximum absolute atomic E-state index is 11.8. The normalized spacial score (nSPS) is 9.86. The molecule has 0 bridgehead atoms. The van der Waals surface area contributed by atoms with Crippen LogP contribution in [0, 0.1) is 0 Å². The lowest BCUT2D eigenvalue weighted by Crippen LogP contribution is -2.20. The van der Waals surface area contributed by atoms with Gasteiger partial charge in [-0.05, 0) is 36.2 Å². The number of benzene rings is 1. The average molecular weight is 298 g/mol. The number of amides is 1. The summed E-state index contributed by atoms with van der Waals surface area (Å²) in [6, 6.07) is 9.08. The van der Waals surface area contributed by atoms with Crippen LogP contribution in [0.2, 0.25) is 0 Å². The number of hydrogen-bond donors (Lipinski definition) is 1. The highest BCUT2D eigenvalue weighted by Crippen LogP contribution is 2.28. The van der Waals surface area contributed by atoms with Crippen LogP contribution in [-0.4, -0.2) is 24.6 Å². The van der Waals surface area contributed by atoms with Crippen molar-refractivity contribution in [2.24, 2.45) is 0 Å². The van der Waals surface area contributed by atoms with E-state index in [2.05, 4.69) is 16.9 Å². The van der Waals surface area contributed by atoms with Crippen LogP contribution in [0.15, 0.2) is 55.4 Å². The predicted octanol–water partition coefficient (Wildman–Crippen LogP) is 2.84. The molecule has 5 nitrogen and oxygen atoms in total. The van der Waals surface area contributed by atoms with E-state index in [1.807, 2.05) is 18.2 Å². The fraction of sp³-hybridized carbons (Fsp3) is 0.176. The first-order valence-corrected chi connectivity index (χ1v) is 6.83. The van der Waals surface area contributed by atoms with Gasteiger partial charge in [0.25, 0.3) is 5.91 Å². The number of anilines is 1. The van der Waals surface area contributed by atoms with E-state index in [0.29, 0.717) is 17.2 Å². The molecule has 0 fully saturated rings. The second kappa shape index (κ2) is 7.83. The molecule has 114 valence electrons. The van der Waals surface area contributed by atoms with Crippen molar-refractivity contribution < 1.29 is 14.3 Å². The molecule has 5 heteroatoms. The predicted molar refractivity (Wildman–Crippen MR) is 85.3 cm³/mol. The third-order valence-corrected chi connectivity index (χ3v) is 2.91. The Morgan fingerprint density at radius 2 is 2.23 bits per heavy atom. The number of nitrogens with zero attached hydrogens (tertiary/aromatic N) is 1. The molecule has 0 atom stereocenters. The van der Waals surface area contributed by atoms with Crippen molar-refractivity contribution in [2.75, 3.05) is 19.0 Å². The molecule has 1 amide bonds. The molecular formula is C17H18N2O3. The summed E-state index contributed by atoms with van der Waals surface area (Å²) in [7, 11) is 1.57. The van der Waals surface area contributed by atoms with Gasteiger partial charge in [0.1, 0.15) is 0 Å². The molecule has 0 aliphatic carbocycles. The highest BCUT2D eigenvalue weighted by molar-refractivity contribution is 5.91. The van der Waals surface area contributed by atoms with Crippen LogP contribution < -0.4 is 14.8 Å². The number of pyridine rings is 1. The minimum Gasteiger partial charge on any atom is -0.493 e. The smallest absolute Gasteiger partial charge is 0.262 e. The van der Waals surface area contributed by atoms with Crippen molar-refractivity contribution >= 4 is 11.6 Å². The largest absolute Gasteiger partial charge is 0.493 e. The van der Waals surface area contributed by atoms with Crippen molar-refractivity contribution in [1.29, 1.82) is 0 Å². The molecule has 1 aromatic heterocycles. The van der Waals surface area contributed by atoms with Gasteiger partial charge in [-0.25, -0.2) is 0 Å². The summed E-state index contributed by atoms with van der Waals surface area (Å²) in [5, 5.41) is 2.70. The van der Waals surface area contributed by atoms with Crippen LogP contribution in [0.3, 0.4) is 0 Å². The monoisotopic (exact) mass is 298 g/mol. The van der Waals surface area contributed by atoms with Crippen LogP contribution in [0.4, 0.5) is 5.69 Å². The van der Waals surface area contributed by atoms with Gasteiger partial charge in [0.05, 0.1) is 19.0 Å². The van der Waals surface area contributed by atoms with E-state index in [-0.39, 0.29) is 12.5 Å². The molecule has 22 heavy (non-hydrogen) atoms. The Morgan fingerprint density at radius 3 is 2.91 bits per heavy atom. The number of allylic oxidation sites excluding steroid dienone is 1. The molecule has 1 aromatic carbocycles. The summed E-state index contributed by atoms with van der Waals surface area (Å²) in [5.41, 5.74) is 1.70. The summed E-state index contributed by atoms with van der Waals surface area (Å²) < 4.78 is 10.8. The van der Waals surface area contributed by atoms with Crippen molar-refractivity contribution in [3.63, 3.8) is 0 Å². The second-order valence-electron chi connectivity index (χ2n) is 4.56. The molecule has 2 aromatic rings. The molecule has 2 rings (SSSR count). The zero-order chi connectivity index (χ0) is 15.8. The van der Waals surface area contributed by atoms with E-state index >= 15 is 0 Å². The lowest BCUT2D eigenvalue weighted by Gasteiger charge is -2.12. The number of ether oxygens (including phenoxy) is 2. The molecule has 0 unspecified atom stereocenters.